The van der Waals surface area contributed by atoms with Crippen LogP contribution in [0.1, 0.15) is 76.5 Å². The fraction of sp³-hybridized carbons (Fsp3) is 0.228. The lowest BCUT2D eigenvalue weighted by atomic mass is 9.73. The Balaban J connectivity index is -0.000000230. The van der Waals surface area contributed by atoms with Crippen LogP contribution in [0.25, 0.3) is 0 Å². The zero-order valence-corrected chi connectivity index (χ0v) is 40.3. The second kappa shape index (κ2) is 30.1. The van der Waals surface area contributed by atoms with Crippen molar-refractivity contribution in [1.29, 1.82) is 10.8 Å². The first-order valence-electron chi connectivity index (χ1n) is 22.0. The zero-order chi connectivity index (χ0) is 52.5. The molecule has 374 valence electrons. The van der Waals surface area contributed by atoms with E-state index in [0.29, 0.717) is 12.1 Å². The van der Waals surface area contributed by atoms with E-state index in [0.717, 1.165) is 79.9 Å². The molecule has 2 aromatic carbocycles. The third kappa shape index (κ3) is 16.1. The summed E-state index contributed by atoms with van der Waals surface area (Å²) in [6.07, 6.45) is 5.11. The van der Waals surface area contributed by atoms with Gasteiger partial charge >= 0.3 is 0 Å². The summed E-state index contributed by atoms with van der Waals surface area (Å²) in [6.45, 7) is 7.48. The molecule has 1 atom stereocenters. The molecule has 0 unspecified atom stereocenters. The molecule has 0 amide bonds. The highest BCUT2D eigenvalue weighted by Crippen LogP contribution is 2.51. The van der Waals surface area contributed by atoms with Gasteiger partial charge in [0.1, 0.15) is 11.5 Å². The second-order valence-corrected chi connectivity index (χ2v) is 14.9. The number of hydrogen-bond acceptors (Lipinski definition) is 10. The van der Waals surface area contributed by atoms with Crippen molar-refractivity contribution in [2.45, 2.75) is 45.7 Å². The molecule has 3 aliphatic heterocycles. The van der Waals surface area contributed by atoms with Crippen molar-refractivity contribution in [3.05, 3.63) is 76.7 Å². The minimum atomic E-state index is 0. The summed E-state index contributed by atoms with van der Waals surface area (Å²) in [5.74, 6) is 71.9. The zero-order valence-electron chi connectivity index (χ0n) is 40.3. The van der Waals surface area contributed by atoms with Gasteiger partial charge in [0.05, 0.1) is 41.4 Å². The Labute approximate surface area is 447 Å². The summed E-state index contributed by atoms with van der Waals surface area (Å²) in [4.78, 5) is 21.6. The first kappa shape index (κ1) is 53.5. The molecule has 1 aromatic heterocycles. The lowest BCUT2D eigenvalue weighted by Crippen LogP contribution is -2.45. The number of benzene rings is 2. The van der Waals surface area contributed by atoms with Crippen molar-refractivity contribution < 1.29 is 15.7 Å². The molecule has 1 spiro atoms. The van der Waals surface area contributed by atoms with Gasteiger partial charge in [-0.05, 0) is 194 Å². The molecule has 0 saturated carbocycles. The fourth-order valence-electron chi connectivity index (χ4n) is 7.54. The van der Waals surface area contributed by atoms with Gasteiger partial charge in [0.15, 0.2) is 5.84 Å². The van der Waals surface area contributed by atoms with E-state index in [1.165, 1.54) is 11.1 Å². The van der Waals surface area contributed by atoms with Crippen molar-refractivity contribution in [1.82, 2.24) is 9.97 Å². The van der Waals surface area contributed by atoms with Crippen LogP contribution in [0.15, 0.2) is 90.2 Å². The monoisotopic (exact) mass is 984 g/mol. The van der Waals surface area contributed by atoms with Gasteiger partial charge in [-0.1, -0.05) is 41.3 Å². The van der Waals surface area contributed by atoms with Gasteiger partial charge in [-0.15, -0.1) is 0 Å². The van der Waals surface area contributed by atoms with Crippen LogP contribution in [0.3, 0.4) is 0 Å². The molecule has 1 fully saturated rings. The van der Waals surface area contributed by atoms with Crippen LogP contribution in [0.2, 0.25) is 0 Å². The summed E-state index contributed by atoms with van der Waals surface area (Å²) in [5.41, 5.74) is 20.3. The Kier molecular flexibility index (Phi) is 21.8. The molecule has 1 saturated heterocycles. The Bertz CT molecular complexity index is 3630. The molecule has 3 aromatic rings. The minimum Gasteiger partial charge on any atom is -0.371 e. The molecule has 17 nitrogen and oxygen atoms in total. The van der Waals surface area contributed by atoms with Gasteiger partial charge in [-0.25, -0.2) is 9.97 Å². The van der Waals surface area contributed by atoms with E-state index in [4.69, 9.17) is 26.2 Å². The summed E-state index contributed by atoms with van der Waals surface area (Å²) in [5, 5.41) is 28.8. The number of aromatic nitrogens is 2. The second-order valence-electron chi connectivity index (χ2n) is 14.9. The molecular formula is C57H61N17. The highest BCUT2D eigenvalue weighted by atomic mass is 15.6. The van der Waals surface area contributed by atoms with Crippen LogP contribution >= 0.6 is 0 Å². The van der Waals surface area contributed by atoms with E-state index in [1.54, 1.807) is 13.8 Å². The highest BCUT2D eigenvalue weighted by Gasteiger charge is 2.46. The number of anilines is 3. The quantitative estimate of drug-likeness (QED) is 0.0996. The third-order valence-electron chi connectivity index (χ3n) is 10.8. The summed E-state index contributed by atoms with van der Waals surface area (Å²) >= 11 is 0. The third-order valence-corrected chi connectivity index (χ3v) is 10.8. The van der Waals surface area contributed by atoms with Crippen LogP contribution in [0.4, 0.5) is 17.2 Å². The largest absolute Gasteiger partial charge is 0.371 e. The lowest BCUT2D eigenvalue weighted by molar-refractivity contribution is 0.187. The van der Waals surface area contributed by atoms with Gasteiger partial charge in [0, 0.05) is 102 Å². The number of aliphatic imine (C=N–C) groups is 1. The maximum atomic E-state index is 9.35. The number of nitrogens with two attached hydrogens (primary N) is 2. The maximum Gasteiger partial charge on any atom is 0.156 e. The SMILES string of the molecule is CC#CC#CC#CC#CC#CC#CC#CC#CC#CC#CC#CC#CC#CC.CN1CCN(C2=NCc3nc(N4CCC5(CC4)Cc4ccccc4[C@H]5N)cnc32)c2ccc(C#N)cc21.N=N/N=N/N=N/N=N/N.[HH].[HH].[HH].[HH].[HH].[HH].[HH].[HH].[HH].[HH].[HH]. The molecule has 0 radical (unpaired) electrons. The molecule has 1 aliphatic carbocycles. The standard InChI is InChI=1S/C29H30N8.C28H6.H3N9.11H2/c1-35-12-13-37(23-7-6-19(16-30)14-24(23)35)28-26-22(17-33-28)34-25(18-32-26)36-10-8-29(9-11-36)15-20-4-2-3-5-21(20)27(29)31;1-3-5-7-9-11-13-15-17-19-21-23-25-27-28-26-24-22-20-18-16-14-12-10-8-6-4-2;1-3-5-7-9-8-6-4-2;;;;;;;;;;;/h2-7,14,18,27H,8-13,15,17,31H2,1H3;1-2H3;(H3,1,2,5,6,9);11*1H/t27-;;;;;;;;;;;;;/m1............./s1. The molecular weight excluding hydrogens is 923 g/mol. The number of likely N-dealkylation sites (N-methyl/N-ethyl adjacent to an activating group) is 1. The lowest BCUT2D eigenvalue weighted by Gasteiger charge is -2.42. The van der Waals surface area contributed by atoms with Gasteiger partial charge < -0.3 is 26.3 Å². The molecule has 17 heteroatoms. The van der Waals surface area contributed by atoms with E-state index < -0.39 is 0 Å². The number of hydrogen-bond donors (Lipinski definition) is 3. The Morgan fingerprint density at radius 3 is 1.72 bits per heavy atom. The van der Waals surface area contributed by atoms with Crippen LogP contribution in [0, 0.1) is 176 Å². The first-order valence-corrected chi connectivity index (χ1v) is 22.0. The van der Waals surface area contributed by atoms with Crippen molar-refractivity contribution >= 4 is 23.0 Å². The number of rotatable bonds is 4. The number of nitrogens with one attached hydrogen (secondary N) is 1. The van der Waals surface area contributed by atoms with Crippen molar-refractivity contribution in [3.63, 3.8) is 0 Å². The van der Waals surface area contributed by atoms with Crippen molar-refractivity contribution in [2.75, 3.05) is 47.9 Å². The molecule has 7 rings (SSSR count). The van der Waals surface area contributed by atoms with Crippen LogP contribution in [0.5, 0.6) is 0 Å². The molecule has 4 heterocycles. The Hall–Kier alpha value is -11.5. The predicted molar refractivity (Wildman–Crippen MR) is 305 cm³/mol. The van der Waals surface area contributed by atoms with E-state index in [2.05, 4.69) is 248 Å². The van der Waals surface area contributed by atoms with Crippen LogP contribution in [-0.2, 0) is 13.0 Å². The van der Waals surface area contributed by atoms with Gasteiger partial charge in [0.2, 0.25) is 0 Å². The molecule has 74 heavy (non-hydrogen) atoms. The minimum absolute atomic E-state index is 0. The summed E-state index contributed by atoms with van der Waals surface area (Å²) in [6, 6.07) is 16.9. The molecule has 4 aliphatic rings. The number of fused-ring (bicyclic) bond motifs is 3. The van der Waals surface area contributed by atoms with E-state index >= 15 is 0 Å². The first-order chi connectivity index (χ1) is 36.4. The number of nitriles is 1. The summed E-state index contributed by atoms with van der Waals surface area (Å²) in [7, 11) is 2.06. The van der Waals surface area contributed by atoms with Crippen LogP contribution in [-0.4, -0.2) is 49.0 Å². The van der Waals surface area contributed by atoms with Crippen LogP contribution < -0.4 is 26.3 Å². The average Bonchev–Trinajstić information content (AvgIpc) is 3.97. The maximum absolute atomic E-state index is 9.35. The van der Waals surface area contributed by atoms with Crippen molar-refractivity contribution in [2.24, 2.45) is 58.5 Å². The smallest absolute Gasteiger partial charge is 0.156 e. The Morgan fingerprint density at radius 2 is 1.20 bits per heavy atom. The fourth-order valence-corrected chi connectivity index (χ4v) is 7.54. The molecule has 0 bridgehead atoms. The Morgan fingerprint density at radius 1 is 0.676 bits per heavy atom. The number of nitrogens with zero attached hydrogens (tertiary/aromatic N) is 14. The van der Waals surface area contributed by atoms with Crippen molar-refractivity contribution in [3.8, 4) is 160 Å². The highest BCUT2D eigenvalue weighted by molar-refractivity contribution is 6.12. The average molecular weight is 984 g/mol. The van der Waals surface area contributed by atoms with Gasteiger partial charge in [-0.3, -0.25) is 4.99 Å². The molecule has 5 N–H and O–H groups in total. The number of amidine groups is 1. The summed E-state index contributed by atoms with van der Waals surface area (Å²) < 4.78 is 0. The van der Waals surface area contributed by atoms with Gasteiger partial charge in [0.25, 0.3) is 0 Å². The van der Waals surface area contributed by atoms with E-state index in [1.807, 2.05) is 24.4 Å². The van der Waals surface area contributed by atoms with E-state index in [9.17, 15) is 5.26 Å². The number of piperidine rings is 1. The van der Waals surface area contributed by atoms with Gasteiger partial charge in [-0.2, -0.15) is 10.8 Å². The normalized spacial score (nSPS) is 13.6. The topological polar surface area (TPSA) is 234 Å². The predicted octanol–water partition coefficient (Wildman–Crippen LogP) is 8.18. The van der Waals surface area contributed by atoms with E-state index in [-0.39, 0.29) is 27.1 Å².